The topological polar surface area (TPSA) is 47.9 Å². The molecular formula is C14H19NO3. The third kappa shape index (κ3) is 4.99. The highest BCUT2D eigenvalue weighted by Gasteiger charge is 2.04. The van der Waals surface area contributed by atoms with Crippen LogP contribution in [0, 0.1) is 0 Å². The summed E-state index contributed by atoms with van der Waals surface area (Å²) in [7, 11) is 1.45. The Kier molecular flexibility index (Phi) is 6.54. The fourth-order valence-corrected chi connectivity index (χ4v) is 1.38. The minimum absolute atomic E-state index is 0.0101. The van der Waals surface area contributed by atoms with Crippen LogP contribution in [0.4, 0.5) is 0 Å². The molecule has 4 nitrogen and oxygen atoms in total. The van der Waals surface area contributed by atoms with Crippen molar-refractivity contribution < 1.29 is 14.4 Å². The molecule has 0 heterocycles. The van der Waals surface area contributed by atoms with E-state index >= 15 is 0 Å². The molecule has 0 bridgehead atoms. The Balaban J connectivity index is 2.48. The van der Waals surface area contributed by atoms with Gasteiger partial charge in [0.2, 0.25) is 0 Å². The highest BCUT2D eigenvalue weighted by atomic mass is 16.6. The van der Waals surface area contributed by atoms with Crippen LogP contribution in [-0.2, 0) is 4.84 Å². The first-order valence-corrected chi connectivity index (χ1v) is 6.09. The Hall–Kier alpha value is -1.84. The van der Waals surface area contributed by atoms with E-state index < -0.39 is 0 Å². The smallest absolute Gasteiger partial charge is 0.168 e. The molecule has 0 aliphatic carbocycles. The molecule has 0 saturated carbocycles. The number of oxime groups is 1. The molecule has 0 aromatic heterocycles. The second kappa shape index (κ2) is 8.28. The molecule has 0 aliphatic rings. The molecule has 0 fully saturated rings. The van der Waals surface area contributed by atoms with Crippen molar-refractivity contribution in [3.05, 3.63) is 29.8 Å². The van der Waals surface area contributed by atoms with Crippen LogP contribution < -0.4 is 4.74 Å². The summed E-state index contributed by atoms with van der Waals surface area (Å²) in [5.74, 6) is 0.807. The fourth-order valence-electron chi connectivity index (χ4n) is 1.38. The van der Waals surface area contributed by atoms with Crippen LogP contribution in [-0.4, -0.2) is 25.7 Å². The third-order valence-electron chi connectivity index (χ3n) is 2.40. The van der Waals surface area contributed by atoms with Gasteiger partial charge in [0.25, 0.3) is 0 Å². The van der Waals surface area contributed by atoms with E-state index in [9.17, 15) is 4.79 Å². The van der Waals surface area contributed by atoms with Gasteiger partial charge in [-0.2, -0.15) is 0 Å². The summed E-state index contributed by atoms with van der Waals surface area (Å²) >= 11 is 0. The van der Waals surface area contributed by atoms with Gasteiger partial charge in [0.05, 0.1) is 12.8 Å². The quantitative estimate of drug-likeness (QED) is 0.308. The number of unbranched alkanes of at least 4 members (excludes halogenated alkanes) is 1. The van der Waals surface area contributed by atoms with E-state index in [0.29, 0.717) is 12.2 Å². The Morgan fingerprint density at radius 1 is 1.33 bits per heavy atom. The zero-order valence-corrected chi connectivity index (χ0v) is 10.9. The van der Waals surface area contributed by atoms with Crippen molar-refractivity contribution in [3.8, 4) is 5.75 Å². The molecule has 1 aromatic rings. The van der Waals surface area contributed by atoms with Crippen LogP contribution in [0.5, 0.6) is 5.75 Å². The fraction of sp³-hybridized carbons (Fsp3) is 0.429. The predicted molar refractivity (Wildman–Crippen MR) is 71.3 cm³/mol. The molecule has 18 heavy (non-hydrogen) atoms. The summed E-state index contributed by atoms with van der Waals surface area (Å²) in [5, 5.41) is 3.53. The monoisotopic (exact) mass is 249 g/mol. The second-order valence-corrected chi connectivity index (χ2v) is 3.82. The summed E-state index contributed by atoms with van der Waals surface area (Å²) in [4.78, 5) is 16.2. The van der Waals surface area contributed by atoms with E-state index in [4.69, 9.17) is 4.74 Å². The lowest BCUT2D eigenvalue weighted by molar-refractivity contribution is 0.1000. The van der Waals surface area contributed by atoms with Gasteiger partial charge in [0, 0.05) is 12.0 Å². The molecule has 98 valence electrons. The molecular weight excluding hydrogens is 230 g/mol. The lowest BCUT2D eigenvalue weighted by Gasteiger charge is -2.05. The van der Waals surface area contributed by atoms with Crippen LogP contribution in [0.2, 0.25) is 0 Å². The molecule has 4 heteroatoms. The van der Waals surface area contributed by atoms with Crippen molar-refractivity contribution >= 4 is 12.0 Å². The van der Waals surface area contributed by atoms with Gasteiger partial charge < -0.3 is 9.57 Å². The van der Waals surface area contributed by atoms with Gasteiger partial charge in [-0.25, -0.2) is 0 Å². The number of hydrogen-bond acceptors (Lipinski definition) is 4. The van der Waals surface area contributed by atoms with Crippen molar-refractivity contribution in [3.63, 3.8) is 0 Å². The molecule has 0 spiro atoms. The number of rotatable bonds is 8. The lowest BCUT2D eigenvalue weighted by atomic mass is 10.1. The maximum absolute atomic E-state index is 11.7. The Labute approximate surface area is 108 Å². The molecule has 0 amide bonds. The Morgan fingerprint density at radius 2 is 2.06 bits per heavy atom. The van der Waals surface area contributed by atoms with Crippen LogP contribution in [0.3, 0.4) is 0 Å². The zero-order chi connectivity index (χ0) is 13.2. The largest absolute Gasteiger partial charge is 0.494 e. The molecule has 1 rings (SSSR count). The summed E-state index contributed by atoms with van der Waals surface area (Å²) in [6.07, 6.45) is 3.83. The van der Waals surface area contributed by atoms with Gasteiger partial charge in [0.1, 0.15) is 12.9 Å². The molecule has 0 unspecified atom stereocenters. The van der Waals surface area contributed by atoms with E-state index in [2.05, 4.69) is 16.9 Å². The molecule has 0 saturated heterocycles. The minimum atomic E-state index is 0.0101. The lowest BCUT2D eigenvalue weighted by Crippen LogP contribution is -2.01. The van der Waals surface area contributed by atoms with E-state index in [-0.39, 0.29) is 12.2 Å². The van der Waals surface area contributed by atoms with Gasteiger partial charge in [-0.15, -0.1) is 0 Å². The maximum atomic E-state index is 11.7. The van der Waals surface area contributed by atoms with E-state index in [1.807, 2.05) is 12.1 Å². The van der Waals surface area contributed by atoms with Gasteiger partial charge >= 0.3 is 0 Å². The zero-order valence-electron chi connectivity index (χ0n) is 10.9. The number of ether oxygens (including phenoxy) is 1. The van der Waals surface area contributed by atoms with Crippen LogP contribution in [0.15, 0.2) is 29.4 Å². The summed E-state index contributed by atoms with van der Waals surface area (Å²) < 4.78 is 5.52. The summed E-state index contributed by atoms with van der Waals surface area (Å²) in [5.41, 5.74) is 0.653. The third-order valence-corrected chi connectivity index (χ3v) is 2.40. The van der Waals surface area contributed by atoms with Crippen molar-refractivity contribution in [2.45, 2.75) is 26.2 Å². The molecule has 0 radical (unpaired) electrons. The highest BCUT2D eigenvalue weighted by Crippen LogP contribution is 2.13. The van der Waals surface area contributed by atoms with Crippen LogP contribution in [0.1, 0.15) is 36.5 Å². The van der Waals surface area contributed by atoms with E-state index in [1.54, 1.807) is 12.1 Å². The van der Waals surface area contributed by atoms with Gasteiger partial charge in [-0.1, -0.05) is 18.5 Å². The number of Topliss-reactive ketones (excluding diaryl/α,β-unsaturated/α-hetero) is 1. The molecule has 0 atom stereocenters. The van der Waals surface area contributed by atoms with Gasteiger partial charge in [-0.3, -0.25) is 4.79 Å². The van der Waals surface area contributed by atoms with E-state index in [1.165, 1.54) is 13.3 Å². The Bertz CT molecular complexity index is 385. The number of benzene rings is 1. The van der Waals surface area contributed by atoms with Crippen molar-refractivity contribution in [2.75, 3.05) is 13.7 Å². The minimum Gasteiger partial charge on any atom is -0.494 e. The van der Waals surface area contributed by atoms with Gasteiger partial charge in [0.15, 0.2) is 5.78 Å². The van der Waals surface area contributed by atoms with Crippen molar-refractivity contribution in [2.24, 2.45) is 5.16 Å². The SMILES string of the molecule is CCCCOc1ccc(C(=O)C/C=N/OC)cc1. The molecule has 0 aliphatic heterocycles. The number of carbonyl (C=O) groups excluding carboxylic acids is 1. The number of ketones is 1. The molecule has 1 aromatic carbocycles. The highest BCUT2D eigenvalue weighted by molar-refractivity contribution is 6.03. The number of nitrogens with zero attached hydrogens (tertiary/aromatic N) is 1. The standard InChI is InChI=1S/C14H19NO3/c1-3-4-11-18-13-7-5-12(6-8-13)14(16)9-10-15-17-2/h5-8,10H,3-4,9,11H2,1-2H3/b15-10+. The van der Waals surface area contributed by atoms with Crippen molar-refractivity contribution in [1.29, 1.82) is 0 Å². The van der Waals surface area contributed by atoms with E-state index in [0.717, 1.165) is 18.6 Å². The summed E-state index contributed by atoms with van der Waals surface area (Å²) in [6, 6.07) is 7.17. The first kappa shape index (κ1) is 14.2. The normalized spacial score (nSPS) is 10.6. The number of hydrogen-bond donors (Lipinski definition) is 0. The predicted octanol–water partition coefficient (Wildman–Crippen LogP) is 3.07. The number of carbonyl (C=O) groups is 1. The summed E-state index contributed by atoms with van der Waals surface area (Å²) in [6.45, 7) is 2.83. The Morgan fingerprint density at radius 3 is 2.67 bits per heavy atom. The first-order valence-electron chi connectivity index (χ1n) is 6.09. The first-order chi connectivity index (χ1) is 8.77. The average molecular weight is 249 g/mol. The van der Waals surface area contributed by atoms with Gasteiger partial charge in [-0.05, 0) is 30.7 Å². The molecule has 0 N–H and O–H groups in total. The second-order valence-electron chi connectivity index (χ2n) is 3.82. The van der Waals surface area contributed by atoms with Crippen LogP contribution >= 0.6 is 0 Å². The average Bonchev–Trinajstić information content (AvgIpc) is 2.40. The van der Waals surface area contributed by atoms with Crippen molar-refractivity contribution in [1.82, 2.24) is 0 Å². The maximum Gasteiger partial charge on any atom is 0.168 e. The van der Waals surface area contributed by atoms with Crippen LogP contribution in [0.25, 0.3) is 0 Å².